The Morgan fingerprint density at radius 3 is 2.27 bits per heavy atom. The molecule has 0 saturated heterocycles. The van der Waals surface area contributed by atoms with E-state index in [1.54, 1.807) is 12.1 Å². The first-order chi connectivity index (χ1) is 15.8. The summed E-state index contributed by atoms with van der Waals surface area (Å²) in [6.07, 6.45) is 0. The predicted molar refractivity (Wildman–Crippen MR) is 146 cm³/mol. The fourth-order valence-corrected chi connectivity index (χ4v) is 5.71. The van der Waals surface area contributed by atoms with Crippen LogP contribution in [0.1, 0.15) is 0 Å². The molecule has 1 aliphatic heterocycles. The molecule has 0 amide bonds. The summed E-state index contributed by atoms with van der Waals surface area (Å²) in [6.45, 7) is 0. The van der Waals surface area contributed by atoms with Crippen molar-refractivity contribution in [2.45, 2.75) is 0 Å². The lowest BCUT2D eigenvalue weighted by Crippen LogP contribution is -2.17. The normalized spacial score (nSPS) is 11.3. The van der Waals surface area contributed by atoms with Crippen molar-refractivity contribution in [1.29, 1.82) is 5.41 Å². The maximum absolute atomic E-state index is 8.94. The number of fused-ring (bicyclic) bond motifs is 2. The molecular weight excluding hydrogens is 655 g/mol. The van der Waals surface area contributed by atoms with Crippen LogP contribution in [0.15, 0.2) is 80.1 Å². The van der Waals surface area contributed by atoms with E-state index in [-0.39, 0.29) is 5.36 Å². The smallest absolute Gasteiger partial charge is 0.105 e. The predicted octanol–water partition coefficient (Wildman–Crippen LogP) is 8.95. The van der Waals surface area contributed by atoms with Gasteiger partial charge in [-0.1, -0.05) is 35.3 Å². The number of nitrogens with one attached hydrogen (secondary N) is 2. The molecule has 5 rings (SSSR count). The van der Waals surface area contributed by atoms with Gasteiger partial charge in [-0.05, 0) is 102 Å². The Hall–Kier alpha value is -1.90. The average Bonchev–Trinajstić information content (AvgIpc) is 2.81. The second-order valence-corrected chi connectivity index (χ2v) is 10.5. The number of hydrogen-bond acceptors (Lipinski definition) is 3. The van der Waals surface area contributed by atoms with Crippen LogP contribution >= 0.6 is 71.0 Å². The summed E-state index contributed by atoms with van der Waals surface area (Å²) in [7, 11) is 0. The molecule has 0 bridgehead atoms. The lowest BCUT2D eigenvalue weighted by molar-refractivity contribution is 1.05. The van der Waals surface area contributed by atoms with Gasteiger partial charge in [-0.25, -0.2) is 4.98 Å². The van der Waals surface area contributed by atoms with Crippen LogP contribution in [0.5, 0.6) is 0 Å². The van der Waals surface area contributed by atoms with Crippen LogP contribution in [0.2, 0.25) is 10.0 Å². The minimum atomic E-state index is 0.288. The maximum Gasteiger partial charge on any atom is 0.105 e. The van der Waals surface area contributed by atoms with E-state index in [0.29, 0.717) is 30.4 Å². The van der Waals surface area contributed by atoms with Gasteiger partial charge < -0.3 is 9.88 Å². The molecule has 9 heteroatoms. The maximum atomic E-state index is 8.94. The Labute approximate surface area is 224 Å². The quantitative estimate of drug-likeness (QED) is 0.189. The van der Waals surface area contributed by atoms with Gasteiger partial charge in [0.1, 0.15) is 5.69 Å². The fourth-order valence-electron chi connectivity index (χ4n) is 3.66. The first-order valence-electron chi connectivity index (χ1n) is 9.70. The van der Waals surface area contributed by atoms with Gasteiger partial charge in [-0.2, -0.15) is 0 Å². The minimum absolute atomic E-state index is 0.288. The molecule has 3 aromatic carbocycles. The van der Waals surface area contributed by atoms with Crippen molar-refractivity contribution in [1.82, 2.24) is 9.55 Å². The molecule has 0 unspecified atom stereocenters. The average molecular weight is 668 g/mol. The van der Waals surface area contributed by atoms with Gasteiger partial charge in [-0.15, -0.1) is 0 Å². The molecule has 1 heterocycles. The second kappa shape index (κ2) is 9.04. The molecule has 0 saturated carbocycles. The molecule has 0 atom stereocenters. The van der Waals surface area contributed by atoms with Crippen molar-refractivity contribution in [3.63, 3.8) is 0 Å². The monoisotopic (exact) mass is 664 g/mol. The zero-order valence-electron chi connectivity index (χ0n) is 16.6. The highest BCUT2D eigenvalue weighted by molar-refractivity contribution is 9.11. The van der Waals surface area contributed by atoms with Gasteiger partial charge in [0.15, 0.2) is 0 Å². The molecule has 3 aromatic rings. The molecule has 0 radical (unpaired) electrons. The van der Waals surface area contributed by atoms with Crippen molar-refractivity contribution in [3.05, 3.63) is 95.6 Å². The third kappa shape index (κ3) is 4.10. The van der Waals surface area contributed by atoms with Crippen LogP contribution in [0, 0.1) is 5.41 Å². The topological polar surface area (TPSA) is 53.7 Å². The number of hydrogen-bond donors (Lipinski definition) is 2. The second-order valence-electron chi connectivity index (χ2n) is 7.24. The van der Waals surface area contributed by atoms with Crippen molar-refractivity contribution in [3.8, 4) is 17.1 Å². The molecule has 4 nitrogen and oxygen atoms in total. The largest absolute Gasteiger partial charge is 0.352 e. The van der Waals surface area contributed by atoms with Crippen molar-refractivity contribution >= 4 is 93.4 Å². The summed E-state index contributed by atoms with van der Waals surface area (Å²) in [4.78, 5) is 4.94. The van der Waals surface area contributed by atoms with Gasteiger partial charge in [0, 0.05) is 20.2 Å². The van der Waals surface area contributed by atoms with E-state index < -0.39 is 0 Å². The van der Waals surface area contributed by atoms with Gasteiger partial charge in [0.25, 0.3) is 0 Å². The third-order valence-electron chi connectivity index (χ3n) is 5.18. The standard InChI is InChI=1S/C24H13Br3Cl2N4/c25-15-11-13(29)7-10-16(15)31-22-20(27)23-24(19(26)21(22)30)33(14-8-5-12(28)6-9-14)18-4-2-1-3-17(18)32-23/h1-11,30-31H. The minimum Gasteiger partial charge on any atom is -0.352 e. The van der Waals surface area contributed by atoms with Gasteiger partial charge in [0.05, 0.1) is 42.4 Å². The number of anilines is 2. The van der Waals surface area contributed by atoms with E-state index in [9.17, 15) is 0 Å². The highest BCUT2D eigenvalue weighted by Gasteiger charge is 2.25. The zero-order valence-corrected chi connectivity index (χ0v) is 22.9. The number of nitrogens with zero attached hydrogens (tertiary/aromatic N) is 2. The lowest BCUT2D eigenvalue weighted by Gasteiger charge is -2.23. The molecule has 0 spiro atoms. The molecule has 0 fully saturated rings. The van der Waals surface area contributed by atoms with E-state index in [0.717, 1.165) is 32.6 Å². The Bertz CT molecular complexity index is 1570. The van der Waals surface area contributed by atoms with Crippen LogP contribution in [0.25, 0.3) is 28.1 Å². The summed E-state index contributed by atoms with van der Waals surface area (Å²) < 4.78 is 4.17. The number of aromatic nitrogens is 2. The van der Waals surface area contributed by atoms with E-state index in [2.05, 4.69) is 57.7 Å². The van der Waals surface area contributed by atoms with E-state index in [1.165, 1.54) is 0 Å². The van der Waals surface area contributed by atoms with Gasteiger partial charge >= 0.3 is 0 Å². The number of halogens is 5. The van der Waals surface area contributed by atoms with E-state index in [4.69, 9.17) is 33.6 Å². The summed E-state index contributed by atoms with van der Waals surface area (Å²) in [6, 6.07) is 21.0. The van der Waals surface area contributed by atoms with Crippen LogP contribution in [-0.4, -0.2) is 9.55 Å². The number of rotatable bonds is 3. The Kier molecular flexibility index (Phi) is 6.27. The van der Waals surface area contributed by atoms with E-state index >= 15 is 0 Å². The Balaban J connectivity index is 1.84. The number of para-hydroxylation sites is 2. The molecule has 164 valence electrons. The summed E-state index contributed by atoms with van der Waals surface area (Å²) in [5.41, 5.74) is 5.50. The van der Waals surface area contributed by atoms with Crippen molar-refractivity contribution in [2.75, 3.05) is 5.32 Å². The Morgan fingerprint density at radius 2 is 1.55 bits per heavy atom. The SMILES string of the molecule is N=c1c(Br)c2n(-c3ccc(Cl)cc3)c3ccccc3nc-2c(Br)c1Nc1ccc(Cl)cc1Br. The van der Waals surface area contributed by atoms with Crippen LogP contribution in [-0.2, 0) is 0 Å². The van der Waals surface area contributed by atoms with Crippen molar-refractivity contribution in [2.24, 2.45) is 0 Å². The molecule has 0 aromatic heterocycles. The molecule has 33 heavy (non-hydrogen) atoms. The zero-order chi connectivity index (χ0) is 23.3. The first kappa shape index (κ1) is 22.9. The van der Waals surface area contributed by atoms with Gasteiger partial charge in [-0.3, -0.25) is 5.41 Å². The molecule has 1 aliphatic carbocycles. The van der Waals surface area contributed by atoms with Crippen molar-refractivity contribution < 1.29 is 0 Å². The summed E-state index contributed by atoms with van der Waals surface area (Å²) >= 11 is 23.2. The molecule has 2 N–H and O–H groups in total. The number of benzene rings is 4. The molecule has 2 aliphatic rings. The van der Waals surface area contributed by atoms with Crippen LogP contribution in [0.3, 0.4) is 0 Å². The van der Waals surface area contributed by atoms with Gasteiger partial charge in [0.2, 0.25) is 0 Å². The highest BCUT2D eigenvalue weighted by Crippen LogP contribution is 2.41. The Morgan fingerprint density at radius 1 is 0.848 bits per heavy atom. The lowest BCUT2D eigenvalue weighted by atomic mass is 10.1. The summed E-state index contributed by atoms with van der Waals surface area (Å²) in [5, 5.41) is 13.8. The fraction of sp³-hybridized carbons (Fsp3) is 0. The highest BCUT2D eigenvalue weighted by atomic mass is 79.9. The summed E-state index contributed by atoms with van der Waals surface area (Å²) in [5.74, 6) is 0. The molecular formula is C24H13Br3Cl2N4. The van der Waals surface area contributed by atoms with Crippen LogP contribution < -0.4 is 10.7 Å². The third-order valence-corrected chi connectivity index (χ3v) is 7.87. The van der Waals surface area contributed by atoms with E-state index in [1.807, 2.05) is 54.6 Å². The first-order valence-corrected chi connectivity index (χ1v) is 12.8. The van der Waals surface area contributed by atoms with Crippen LogP contribution in [0.4, 0.5) is 11.4 Å².